The highest BCUT2D eigenvalue weighted by Crippen LogP contribution is 2.17. The molecule has 0 fully saturated rings. The summed E-state index contributed by atoms with van der Waals surface area (Å²) >= 11 is 0. The summed E-state index contributed by atoms with van der Waals surface area (Å²) in [6.45, 7) is 1.95. The van der Waals surface area contributed by atoms with Gasteiger partial charge in [-0.25, -0.2) is 0 Å². The lowest BCUT2D eigenvalue weighted by Crippen LogP contribution is -1.98. The fourth-order valence-corrected chi connectivity index (χ4v) is 1.08. The Morgan fingerprint density at radius 2 is 2.42 bits per heavy atom. The number of pyridine rings is 1. The van der Waals surface area contributed by atoms with Crippen molar-refractivity contribution < 1.29 is 9.53 Å². The minimum Gasteiger partial charge on any atom is -0.496 e. The molecule has 1 aromatic heterocycles. The highest BCUT2D eigenvalue weighted by atomic mass is 16.5. The van der Waals surface area contributed by atoms with Gasteiger partial charge in [0.25, 0.3) is 0 Å². The normalized spacial score (nSPS) is 9.50. The van der Waals surface area contributed by atoms with Crippen molar-refractivity contribution >= 4 is 6.29 Å². The van der Waals surface area contributed by atoms with Gasteiger partial charge in [-0.1, -0.05) is 6.92 Å². The molecule has 0 atom stereocenters. The Balaban J connectivity index is 3.21. The van der Waals surface area contributed by atoms with E-state index in [-0.39, 0.29) is 0 Å². The number of hydrogen-bond donors (Lipinski definition) is 0. The number of carbonyl (C=O) groups excluding carboxylic acids is 1. The van der Waals surface area contributed by atoms with Gasteiger partial charge in [0.2, 0.25) is 0 Å². The molecule has 3 heteroatoms. The Labute approximate surface area is 71.4 Å². The summed E-state index contributed by atoms with van der Waals surface area (Å²) in [6.07, 6.45) is 3.17. The van der Waals surface area contributed by atoms with Crippen LogP contribution in [0.3, 0.4) is 0 Å². The standard InChI is InChI=1S/C9H11NO2/c1-3-8-7(6-11)9(12-2)4-5-10-8/h4-6H,3H2,1-2H3. The summed E-state index contributed by atoms with van der Waals surface area (Å²) in [5.41, 5.74) is 1.34. The van der Waals surface area contributed by atoms with E-state index in [1.165, 1.54) is 0 Å². The van der Waals surface area contributed by atoms with Gasteiger partial charge in [0.05, 0.1) is 18.4 Å². The van der Waals surface area contributed by atoms with Gasteiger partial charge in [-0.15, -0.1) is 0 Å². The van der Waals surface area contributed by atoms with Crippen LogP contribution in [0.4, 0.5) is 0 Å². The molecule has 0 aliphatic heterocycles. The third-order valence-electron chi connectivity index (χ3n) is 1.71. The van der Waals surface area contributed by atoms with Crippen molar-refractivity contribution in [3.05, 3.63) is 23.5 Å². The third-order valence-corrected chi connectivity index (χ3v) is 1.71. The van der Waals surface area contributed by atoms with Crippen LogP contribution in [0.5, 0.6) is 5.75 Å². The Morgan fingerprint density at radius 3 is 2.92 bits per heavy atom. The first kappa shape index (κ1) is 8.71. The van der Waals surface area contributed by atoms with Crippen LogP contribution < -0.4 is 4.74 Å². The molecule has 0 aromatic carbocycles. The average molecular weight is 165 g/mol. The van der Waals surface area contributed by atoms with Crippen molar-refractivity contribution in [1.29, 1.82) is 0 Å². The van der Waals surface area contributed by atoms with E-state index in [0.29, 0.717) is 11.3 Å². The van der Waals surface area contributed by atoms with E-state index in [2.05, 4.69) is 4.98 Å². The zero-order valence-corrected chi connectivity index (χ0v) is 7.20. The van der Waals surface area contributed by atoms with Crippen LogP contribution in [-0.2, 0) is 6.42 Å². The molecule has 0 saturated heterocycles. The SMILES string of the molecule is CCc1nccc(OC)c1C=O. The Kier molecular flexibility index (Phi) is 2.80. The molecule has 64 valence electrons. The fourth-order valence-electron chi connectivity index (χ4n) is 1.08. The van der Waals surface area contributed by atoms with E-state index < -0.39 is 0 Å². The summed E-state index contributed by atoms with van der Waals surface area (Å²) in [5.74, 6) is 0.594. The first-order valence-corrected chi connectivity index (χ1v) is 3.80. The van der Waals surface area contributed by atoms with E-state index in [1.54, 1.807) is 19.4 Å². The van der Waals surface area contributed by atoms with Crippen LogP contribution in [-0.4, -0.2) is 18.4 Å². The van der Waals surface area contributed by atoms with Gasteiger partial charge >= 0.3 is 0 Å². The van der Waals surface area contributed by atoms with Crippen LogP contribution >= 0.6 is 0 Å². The highest BCUT2D eigenvalue weighted by Gasteiger charge is 2.06. The molecule has 0 spiro atoms. The molecule has 12 heavy (non-hydrogen) atoms. The van der Waals surface area contributed by atoms with Crippen molar-refractivity contribution in [3.63, 3.8) is 0 Å². The van der Waals surface area contributed by atoms with Gasteiger partial charge in [-0.3, -0.25) is 9.78 Å². The second-order valence-electron chi connectivity index (χ2n) is 2.34. The van der Waals surface area contributed by atoms with E-state index in [4.69, 9.17) is 4.74 Å². The van der Waals surface area contributed by atoms with Crippen molar-refractivity contribution in [1.82, 2.24) is 4.98 Å². The molecule has 1 aromatic rings. The molecule has 0 bridgehead atoms. The molecule has 0 radical (unpaired) electrons. The summed E-state index contributed by atoms with van der Waals surface area (Å²) in [5, 5.41) is 0. The Morgan fingerprint density at radius 1 is 1.67 bits per heavy atom. The molecule has 0 amide bonds. The maximum Gasteiger partial charge on any atom is 0.155 e. The zero-order valence-electron chi connectivity index (χ0n) is 7.20. The number of rotatable bonds is 3. The number of hydrogen-bond acceptors (Lipinski definition) is 3. The van der Waals surface area contributed by atoms with E-state index in [1.807, 2.05) is 6.92 Å². The van der Waals surface area contributed by atoms with Gasteiger partial charge in [0.1, 0.15) is 5.75 Å². The van der Waals surface area contributed by atoms with Crippen LogP contribution in [0, 0.1) is 0 Å². The predicted molar refractivity (Wildman–Crippen MR) is 45.6 cm³/mol. The molecule has 0 aliphatic carbocycles. The van der Waals surface area contributed by atoms with Gasteiger partial charge in [-0.2, -0.15) is 0 Å². The summed E-state index contributed by atoms with van der Waals surface area (Å²) in [7, 11) is 1.54. The molecule has 0 aliphatic rings. The number of aromatic nitrogens is 1. The quantitative estimate of drug-likeness (QED) is 0.636. The van der Waals surface area contributed by atoms with Crippen molar-refractivity contribution in [3.8, 4) is 5.75 Å². The van der Waals surface area contributed by atoms with Crippen LogP contribution in [0.25, 0.3) is 0 Å². The number of nitrogens with zero attached hydrogens (tertiary/aromatic N) is 1. The maximum absolute atomic E-state index is 10.6. The second kappa shape index (κ2) is 3.85. The van der Waals surface area contributed by atoms with Gasteiger partial charge in [0.15, 0.2) is 6.29 Å². The number of carbonyl (C=O) groups is 1. The Hall–Kier alpha value is -1.38. The molecular formula is C9H11NO2. The molecule has 0 saturated carbocycles. The Bertz CT molecular complexity index is 262. The number of aryl methyl sites for hydroxylation is 1. The van der Waals surface area contributed by atoms with Crippen LogP contribution in [0.2, 0.25) is 0 Å². The van der Waals surface area contributed by atoms with E-state index in [0.717, 1.165) is 18.4 Å². The minimum absolute atomic E-state index is 0.558. The molecule has 1 rings (SSSR count). The van der Waals surface area contributed by atoms with Gasteiger partial charge < -0.3 is 4.74 Å². The van der Waals surface area contributed by atoms with Crippen molar-refractivity contribution in [2.45, 2.75) is 13.3 Å². The fraction of sp³-hybridized carbons (Fsp3) is 0.333. The topological polar surface area (TPSA) is 39.2 Å². The predicted octanol–water partition coefficient (Wildman–Crippen LogP) is 1.47. The lowest BCUT2D eigenvalue weighted by molar-refractivity contribution is 0.111. The summed E-state index contributed by atoms with van der Waals surface area (Å²) < 4.78 is 5.01. The second-order valence-corrected chi connectivity index (χ2v) is 2.34. The smallest absolute Gasteiger partial charge is 0.155 e. The molecule has 0 N–H and O–H groups in total. The molecular weight excluding hydrogens is 154 g/mol. The first-order chi connectivity index (χ1) is 5.83. The van der Waals surface area contributed by atoms with Crippen LogP contribution in [0.15, 0.2) is 12.3 Å². The lowest BCUT2D eigenvalue weighted by Gasteiger charge is -2.05. The van der Waals surface area contributed by atoms with E-state index >= 15 is 0 Å². The van der Waals surface area contributed by atoms with Crippen LogP contribution in [0.1, 0.15) is 23.0 Å². The van der Waals surface area contributed by atoms with E-state index in [9.17, 15) is 4.79 Å². The number of ether oxygens (including phenoxy) is 1. The number of aldehydes is 1. The van der Waals surface area contributed by atoms with Crippen molar-refractivity contribution in [2.75, 3.05) is 7.11 Å². The number of methoxy groups -OCH3 is 1. The largest absolute Gasteiger partial charge is 0.496 e. The molecule has 0 unspecified atom stereocenters. The maximum atomic E-state index is 10.6. The summed E-state index contributed by atoms with van der Waals surface area (Å²) in [6, 6.07) is 1.68. The first-order valence-electron chi connectivity index (χ1n) is 3.80. The minimum atomic E-state index is 0.558. The molecule has 3 nitrogen and oxygen atoms in total. The molecule has 1 heterocycles. The highest BCUT2D eigenvalue weighted by molar-refractivity contribution is 5.80. The third kappa shape index (κ3) is 1.44. The zero-order chi connectivity index (χ0) is 8.97. The van der Waals surface area contributed by atoms with Gasteiger partial charge in [-0.05, 0) is 12.5 Å². The average Bonchev–Trinajstić information content (AvgIpc) is 2.16. The lowest BCUT2D eigenvalue weighted by atomic mass is 10.1. The monoisotopic (exact) mass is 165 g/mol. The summed E-state index contributed by atoms with van der Waals surface area (Å²) in [4.78, 5) is 14.7. The van der Waals surface area contributed by atoms with Gasteiger partial charge in [0, 0.05) is 6.20 Å². The van der Waals surface area contributed by atoms with Crippen molar-refractivity contribution in [2.24, 2.45) is 0 Å².